The zero-order chi connectivity index (χ0) is 21.1. The number of methoxy groups -OCH3 is 1. The Hall–Kier alpha value is -2.62. The van der Waals surface area contributed by atoms with Gasteiger partial charge in [-0.2, -0.15) is 5.10 Å². The molecule has 0 saturated heterocycles. The lowest BCUT2D eigenvalue weighted by atomic mass is 9.98. The van der Waals surface area contributed by atoms with Crippen LogP contribution in [0.2, 0.25) is 5.02 Å². The van der Waals surface area contributed by atoms with Crippen molar-refractivity contribution in [3.8, 4) is 5.75 Å². The fraction of sp³-hybridized carbons (Fsp3) is 0.200. The van der Waals surface area contributed by atoms with Crippen molar-refractivity contribution in [1.29, 1.82) is 0 Å². The van der Waals surface area contributed by atoms with Gasteiger partial charge in [0.25, 0.3) is 5.91 Å². The van der Waals surface area contributed by atoms with Crippen LogP contribution in [0.25, 0.3) is 0 Å². The number of nitrogens with two attached hydrogens (primary N) is 1. The zero-order valence-electron chi connectivity index (χ0n) is 16.0. The summed E-state index contributed by atoms with van der Waals surface area (Å²) in [5.74, 6) is 0.850. The minimum absolute atomic E-state index is 0.114. The number of rotatable bonds is 6. The number of thioether (sulfide) groups is 1. The van der Waals surface area contributed by atoms with Crippen LogP contribution in [0.4, 0.5) is 5.13 Å². The number of nitrogen functional groups attached to an aromatic ring is 1. The molecule has 154 valence electrons. The largest absolute Gasteiger partial charge is 0.497 e. The summed E-state index contributed by atoms with van der Waals surface area (Å²) < 4.78 is 5.88. The molecule has 30 heavy (non-hydrogen) atoms. The second kappa shape index (κ2) is 9.03. The van der Waals surface area contributed by atoms with Crippen molar-refractivity contribution >= 4 is 51.5 Å². The molecule has 7 nitrogen and oxygen atoms in total. The van der Waals surface area contributed by atoms with Gasteiger partial charge < -0.3 is 10.5 Å². The second-order valence-corrected chi connectivity index (χ2v) is 9.15. The van der Waals surface area contributed by atoms with Gasteiger partial charge in [0.2, 0.25) is 5.13 Å². The van der Waals surface area contributed by atoms with Crippen LogP contribution in [0, 0.1) is 0 Å². The maximum atomic E-state index is 13.0. The van der Waals surface area contributed by atoms with E-state index in [1.165, 1.54) is 23.1 Å². The number of aromatic nitrogens is 2. The number of benzene rings is 2. The predicted molar refractivity (Wildman–Crippen MR) is 120 cm³/mol. The first-order valence-electron chi connectivity index (χ1n) is 9.04. The number of carbonyl (C=O) groups excluding carboxylic acids is 1. The van der Waals surface area contributed by atoms with E-state index in [2.05, 4.69) is 15.3 Å². The molecule has 0 spiro atoms. The van der Waals surface area contributed by atoms with E-state index in [9.17, 15) is 4.79 Å². The van der Waals surface area contributed by atoms with E-state index in [4.69, 9.17) is 22.1 Å². The zero-order valence-corrected chi connectivity index (χ0v) is 18.4. The van der Waals surface area contributed by atoms with Gasteiger partial charge >= 0.3 is 0 Å². The molecule has 10 heteroatoms. The highest BCUT2D eigenvalue weighted by Crippen LogP contribution is 2.35. The number of carbonyl (C=O) groups is 1. The molecule has 0 aliphatic carbocycles. The number of hydrogen-bond donors (Lipinski definition) is 1. The lowest BCUT2D eigenvalue weighted by Gasteiger charge is -2.21. The summed E-state index contributed by atoms with van der Waals surface area (Å²) in [6.45, 7) is 0. The van der Waals surface area contributed by atoms with Crippen molar-refractivity contribution in [3.63, 3.8) is 0 Å². The molecule has 1 unspecified atom stereocenters. The van der Waals surface area contributed by atoms with Gasteiger partial charge in [0.05, 0.1) is 24.6 Å². The molecule has 1 aliphatic heterocycles. The lowest BCUT2D eigenvalue weighted by molar-refractivity contribution is -0.130. The molecule has 2 N–H and O–H groups in total. The second-order valence-electron chi connectivity index (χ2n) is 6.48. The van der Waals surface area contributed by atoms with E-state index < -0.39 is 0 Å². The topological polar surface area (TPSA) is 93.7 Å². The molecule has 1 aliphatic rings. The molecule has 2 aromatic carbocycles. The maximum Gasteiger partial charge on any atom is 0.253 e. The van der Waals surface area contributed by atoms with Crippen LogP contribution < -0.4 is 10.5 Å². The smallest absolute Gasteiger partial charge is 0.253 e. The summed E-state index contributed by atoms with van der Waals surface area (Å²) in [4.78, 5) is 13.0. The molecule has 0 radical (unpaired) electrons. The first-order chi connectivity index (χ1) is 14.5. The Morgan fingerprint density at radius 1 is 1.23 bits per heavy atom. The molecular formula is C20H18ClN5O2S2. The number of hydrazone groups is 1. The van der Waals surface area contributed by atoms with Crippen LogP contribution in [0.15, 0.2) is 58.0 Å². The van der Waals surface area contributed by atoms with Crippen molar-refractivity contribution in [3.05, 3.63) is 64.7 Å². The number of halogens is 1. The summed E-state index contributed by atoms with van der Waals surface area (Å²) in [5.41, 5.74) is 8.39. The number of amides is 1. The van der Waals surface area contributed by atoms with Gasteiger partial charge in [0.15, 0.2) is 4.34 Å². The highest BCUT2D eigenvalue weighted by molar-refractivity contribution is 8.01. The van der Waals surface area contributed by atoms with Crippen molar-refractivity contribution in [1.82, 2.24) is 15.2 Å². The quantitative estimate of drug-likeness (QED) is 0.554. The third kappa shape index (κ3) is 4.58. The van der Waals surface area contributed by atoms with E-state index in [-0.39, 0.29) is 17.7 Å². The van der Waals surface area contributed by atoms with Crippen LogP contribution in [0.1, 0.15) is 23.6 Å². The molecule has 0 saturated carbocycles. The van der Waals surface area contributed by atoms with Crippen molar-refractivity contribution in [2.75, 3.05) is 18.6 Å². The van der Waals surface area contributed by atoms with E-state index in [1.54, 1.807) is 12.1 Å². The number of ether oxygens (including phenoxy) is 1. The highest BCUT2D eigenvalue weighted by atomic mass is 35.5. The third-order valence-electron chi connectivity index (χ3n) is 4.59. The van der Waals surface area contributed by atoms with E-state index >= 15 is 0 Å². The Morgan fingerprint density at radius 2 is 1.97 bits per heavy atom. The van der Waals surface area contributed by atoms with Gasteiger partial charge in [0, 0.05) is 11.4 Å². The van der Waals surface area contributed by atoms with Crippen molar-refractivity contribution in [2.45, 2.75) is 16.8 Å². The highest BCUT2D eigenvalue weighted by Gasteiger charge is 2.33. The standard InChI is InChI=1S/C20H18ClN5O2S2/c1-28-15-8-4-12(5-9-15)16-10-17(13-2-6-14(21)7-3-13)26(25-16)18(27)11-29-20-24-23-19(22)30-20/h2-9,17H,10-11H2,1H3,(H2,22,23). The average Bonchev–Trinajstić information content (AvgIpc) is 3.39. The molecule has 2 heterocycles. The summed E-state index contributed by atoms with van der Waals surface area (Å²) in [6, 6.07) is 15.0. The van der Waals surface area contributed by atoms with E-state index in [0.29, 0.717) is 20.9 Å². The van der Waals surface area contributed by atoms with Crippen LogP contribution in [-0.2, 0) is 4.79 Å². The molecule has 3 aromatic rings. The molecule has 1 aromatic heterocycles. The van der Waals surface area contributed by atoms with Gasteiger partial charge in [-0.15, -0.1) is 10.2 Å². The van der Waals surface area contributed by atoms with Gasteiger partial charge in [-0.3, -0.25) is 4.79 Å². The minimum Gasteiger partial charge on any atom is -0.497 e. The number of nitrogens with zero attached hydrogens (tertiary/aromatic N) is 4. The lowest BCUT2D eigenvalue weighted by Crippen LogP contribution is -2.28. The Morgan fingerprint density at radius 3 is 2.60 bits per heavy atom. The number of anilines is 1. The van der Waals surface area contributed by atoms with Crippen LogP contribution in [-0.4, -0.2) is 39.7 Å². The van der Waals surface area contributed by atoms with Crippen molar-refractivity contribution < 1.29 is 9.53 Å². The Bertz CT molecular complexity index is 1070. The fourth-order valence-corrected chi connectivity index (χ4v) is 4.73. The molecule has 1 atom stereocenters. The first-order valence-corrected chi connectivity index (χ1v) is 11.2. The average molecular weight is 460 g/mol. The Balaban J connectivity index is 1.58. The summed E-state index contributed by atoms with van der Waals surface area (Å²) in [5, 5.41) is 15.0. The summed E-state index contributed by atoms with van der Waals surface area (Å²) in [6.07, 6.45) is 0.607. The van der Waals surface area contributed by atoms with E-state index in [0.717, 1.165) is 22.6 Å². The van der Waals surface area contributed by atoms with Gasteiger partial charge in [-0.25, -0.2) is 5.01 Å². The Kier molecular flexibility index (Phi) is 6.21. The summed E-state index contributed by atoms with van der Waals surface area (Å²) >= 11 is 8.61. The Labute approximate surface area is 186 Å². The molecule has 4 rings (SSSR count). The predicted octanol–water partition coefficient (Wildman–Crippen LogP) is 4.25. The summed E-state index contributed by atoms with van der Waals surface area (Å²) in [7, 11) is 1.63. The molecule has 0 bridgehead atoms. The number of hydrogen-bond acceptors (Lipinski definition) is 8. The third-order valence-corrected chi connectivity index (χ3v) is 6.71. The van der Waals surface area contributed by atoms with E-state index in [1.807, 2.05) is 48.5 Å². The van der Waals surface area contributed by atoms with Gasteiger partial charge in [-0.05, 0) is 47.5 Å². The SMILES string of the molecule is COc1ccc(C2=NN(C(=O)CSc3nnc(N)s3)C(c3ccc(Cl)cc3)C2)cc1. The van der Waals surface area contributed by atoms with Crippen LogP contribution in [0.5, 0.6) is 5.75 Å². The van der Waals surface area contributed by atoms with Crippen LogP contribution >= 0.6 is 34.7 Å². The normalized spacial score (nSPS) is 15.9. The van der Waals surface area contributed by atoms with Crippen LogP contribution in [0.3, 0.4) is 0 Å². The molecule has 0 fully saturated rings. The molecular weight excluding hydrogens is 442 g/mol. The van der Waals surface area contributed by atoms with Gasteiger partial charge in [-0.1, -0.05) is 46.8 Å². The monoisotopic (exact) mass is 459 g/mol. The maximum absolute atomic E-state index is 13.0. The van der Waals surface area contributed by atoms with Crippen molar-refractivity contribution in [2.24, 2.45) is 5.10 Å². The van der Waals surface area contributed by atoms with Gasteiger partial charge in [0.1, 0.15) is 5.75 Å². The molecule has 1 amide bonds. The minimum atomic E-state index is -0.202. The fourth-order valence-electron chi connectivity index (χ4n) is 3.11. The first kappa shape index (κ1) is 20.6.